The highest BCUT2D eigenvalue weighted by Crippen LogP contribution is 2.35. The number of ether oxygens (including phenoxy) is 2. The number of nitrogens with zero attached hydrogens (tertiary/aromatic N) is 1. The Hall–Kier alpha value is -0.870. The molecule has 1 saturated carbocycles. The Morgan fingerprint density at radius 3 is 2.88 bits per heavy atom. The monoisotopic (exact) mass is 238 g/mol. The molecule has 2 aliphatic rings. The highest BCUT2D eigenvalue weighted by molar-refractivity contribution is 5.87. The topological polar surface area (TPSA) is 56.8 Å². The van der Waals surface area contributed by atoms with Gasteiger partial charge in [0.25, 0.3) is 0 Å². The van der Waals surface area contributed by atoms with Gasteiger partial charge in [0.05, 0.1) is 19.9 Å². The van der Waals surface area contributed by atoms with Crippen molar-refractivity contribution in [3.05, 3.63) is 12.0 Å². The third-order valence-corrected chi connectivity index (χ3v) is 3.41. The fourth-order valence-electron chi connectivity index (χ4n) is 2.11. The predicted molar refractivity (Wildman–Crippen MR) is 67.9 cm³/mol. The van der Waals surface area contributed by atoms with Gasteiger partial charge in [-0.2, -0.15) is 0 Å². The molecule has 0 aromatic heterocycles. The van der Waals surface area contributed by atoms with Gasteiger partial charge < -0.3 is 15.2 Å². The Kier molecular flexibility index (Phi) is 3.84. The number of hydrogen-bond donors (Lipinski definition) is 1. The molecule has 1 heterocycles. The lowest BCUT2D eigenvalue weighted by molar-refractivity contribution is -0.0391. The van der Waals surface area contributed by atoms with E-state index in [0.29, 0.717) is 6.54 Å². The Morgan fingerprint density at radius 1 is 1.53 bits per heavy atom. The fourth-order valence-corrected chi connectivity index (χ4v) is 2.11. The minimum absolute atomic E-state index is 0.358. The van der Waals surface area contributed by atoms with Crippen LogP contribution in [0.5, 0.6) is 0 Å². The molecule has 2 N–H and O–H groups in total. The van der Waals surface area contributed by atoms with Crippen LogP contribution in [0.1, 0.15) is 32.6 Å². The third-order valence-electron chi connectivity index (χ3n) is 3.41. The molecule has 4 heteroatoms. The Bertz CT molecular complexity index is 334. The van der Waals surface area contributed by atoms with E-state index >= 15 is 0 Å². The zero-order chi connectivity index (χ0) is 12.3. The van der Waals surface area contributed by atoms with Crippen LogP contribution in [0, 0.1) is 5.92 Å². The summed E-state index contributed by atoms with van der Waals surface area (Å²) in [6, 6.07) is 0. The second-order valence-electron chi connectivity index (χ2n) is 5.09. The summed E-state index contributed by atoms with van der Waals surface area (Å²) in [5.74, 6) is 1.57. The van der Waals surface area contributed by atoms with Gasteiger partial charge in [0.2, 0.25) is 0 Å². The first-order valence-corrected chi connectivity index (χ1v) is 6.32. The summed E-state index contributed by atoms with van der Waals surface area (Å²) >= 11 is 0. The average molecular weight is 238 g/mol. The first-order valence-electron chi connectivity index (χ1n) is 6.32. The van der Waals surface area contributed by atoms with Crippen LogP contribution >= 0.6 is 0 Å². The quantitative estimate of drug-likeness (QED) is 0.768. The van der Waals surface area contributed by atoms with E-state index in [1.807, 2.05) is 0 Å². The molecule has 0 spiro atoms. The van der Waals surface area contributed by atoms with E-state index in [9.17, 15) is 0 Å². The maximum atomic E-state index is 6.06. The standard InChI is InChI=1S/C13H22N2O2/c1-13(17-9-10-3-4-10)7-11(5-6-14)15-8-12(13)16-2/h8,10H,3-7,9,14H2,1-2H3. The molecular formula is C13H22N2O2. The second-order valence-corrected chi connectivity index (χ2v) is 5.09. The summed E-state index contributed by atoms with van der Waals surface area (Å²) in [7, 11) is 1.67. The lowest BCUT2D eigenvalue weighted by Crippen LogP contribution is -2.38. The molecule has 4 nitrogen and oxygen atoms in total. The summed E-state index contributed by atoms with van der Waals surface area (Å²) in [6.45, 7) is 3.54. The van der Waals surface area contributed by atoms with Crippen molar-refractivity contribution in [3.63, 3.8) is 0 Å². The van der Waals surface area contributed by atoms with Crippen LogP contribution in [0.15, 0.2) is 17.0 Å². The maximum absolute atomic E-state index is 6.06. The molecule has 0 radical (unpaired) electrons. The SMILES string of the molecule is COC1=CN=C(CCN)CC1(C)OCC1CC1. The van der Waals surface area contributed by atoms with Crippen LogP contribution < -0.4 is 5.73 Å². The molecule has 0 bridgehead atoms. The molecule has 0 saturated heterocycles. The fraction of sp³-hybridized carbons (Fsp3) is 0.769. The van der Waals surface area contributed by atoms with Crippen LogP contribution in [0.2, 0.25) is 0 Å². The van der Waals surface area contributed by atoms with E-state index in [-0.39, 0.29) is 5.60 Å². The van der Waals surface area contributed by atoms with Gasteiger partial charge in [-0.15, -0.1) is 0 Å². The summed E-state index contributed by atoms with van der Waals surface area (Å²) in [4.78, 5) is 4.38. The third kappa shape index (κ3) is 3.07. The van der Waals surface area contributed by atoms with Crippen LogP contribution in [-0.4, -0.2) is 31.6 Å². The predicted octanol–water partition coefficient (Wildman–Crippen LogP) is 1.85. The highest BCUT2D eigenvalue weighted by Gasteiger charge is 2.37. The van der Waals surface area contributed by atoms with Gasteiger partial charge in [-0.25, -0.2) is 0 Å². The van der Waals surface area contributed by atoms with Crippen molar-refractivity contribution in [2.24, 2.45) is 16.6 Å². The molecule has 17 heavy (non-hydrogen) atoms. The maximum Gasteiger partial charge on any atom is 0.146 e. The Labute approximate surface area is 103 Å². The Morgan fingerprint density at radius 2 is 2.29 bits per heavy atom. The van der Waals surface area contributed by atoms with Crippen molar-refractivity contribution in [1.29, 1.82) is 0 Å². The van der Waals surface area contributed by atoms with Gasteiger partial charge in [-0.05, 0) is 38.6 Å². The second kappa shape index (κ2) is 5.19. The number of hydrogen-bond acceptors (Lipinski definition) is 4. The van der Waals surface area contributed by atoms with Crippen molar-refractivity contribution in [3.8, 4) is 0 Å². The zero-order valence-corrected chi connectivity index (χ0v) is 10.7. The largest absolute Gasteiger partial charge is 0.496 e. The van der Waals surface area contributed by atoms with Crippen LogP contribution in [0.25, 0.3) is 0 Å². The van der Waals surface area contributed by atoms with Gasteiger partial charge in [0, 0.05) is 12.1 Å². The number of methoxy groups -OCH3 is 1. The normalized spacial score (nSPS) is 28.6. The van der Waals surface area contributed by atoms with Gasteiger partial charge in [0.15, 0.2) is 0 Å². The van der Waals surface area contributed by atoms with Crippen molar-refractivity contribution < 1.29 is 9.47 Å². The van der Waals surface area contributed by atoms with Crippen LogP contribution in [0.4, 0.5) is 0 Å². The summed E-state index contributed by atoms with van der Waals surface area (Å²) < 4.78 is 11.4. The van der Waals surface area contributed by atoms with Gasteiger partial charge in [-0.1, -0.05) is 0 Å². The molecule has 1 fully saturated rings. The molecule has 0 aromatic rings. The Balaban J connectivity index is 2.02. The zero-order valence-electron chi connectivity index (χ0n) is 10.7. The smallest absolute Gasteiger partial charge is 0.146 e. The average Bonchev–Trinajstić information content (AvgIpc) is 3.11. The van der Waals surface area contributed by atoms with E-state index in [4.69, 9.17) is 15.2 Å². The van der Waals surface area contributed by atoms with Crippen molar-refractivity contribution in [2.45, 2.75) is 38.2 Å². The molecule has 1 aliphatic heterocycles. The molecule has 1 unspecified atom stereocenters. The molecule has 96 valence electrons. The lowest BCUT2D eigenvalue weighted by Gasteiger charge is -2.33. The minimum Gasteiger partial charge on any atom is -0.496 e. The van der Waals surface area contributed by atoms with Gasteiger partial charge in [0.1, 0.15) is 11.4 Å². The van der Waals surface area contributed by atoms with Crippen molar-refractivity contribution >= 4 is 5.71 Å². The van der Waals surface area contributed by atoms with E-state index in [1.54, 1.807) is 13.3 Å². The van der Waals surface area contributed by atoms with E-state index in [2.05, 4.69) is 11.9 Å². The summed E-state index contributed by atoms with van der Waals surface area (Å²) in [5, 5.41) is 0. The summed E-state index contributed by atoms with van der Waals surface area (Å²) in [6.07, 6.45) is 5.99. The van der Waals surface area contributed by atoms with Gasteiger partial charge >= 0.3 is 0 Å². The van der Waals surface area contributed by atoms with Crippen LogP contribution in [-0.2, 0) is 9.47 Å². The van der Waals surface area contributed by atoms with Crippen molar-refractivity contribution in [1.82, 2.24) is 0 Å². The molecule has 2 rings (SSSR count). The molecule has 1 atom stereocenters. The first-order chi connectivity index (χ1) is 8.18. The number of aliphatic imine (C=N–C) groups is 1. The van der Waals surface area contributed by atoms with Crippen molar-refractivity contribution in [2.75, 3.05) is 20.3 Å². The van der Waals surface area contributed by atoms with Crippen LogP contribution in [0.3, 0.4) is 0 Å². The van der Waals surface area contributed by atoms with E-state index in [1.165, 1.54) is 12.8 Å². The van der Waals surface area contributed by atoms with E-state index < -0.39 is 0 Å². The minimum atomic E-state index is -0.358. The van der Waals surface area contributed by atoms with Gasteiger partial charge in [-0.3, -0.25) is 4.99 Å². The number of nitrogens with two attached hydrogens (primary N) is 1. The number of rotatable bonds is 6. The highest BCUT2D eigenvalue weighted by atomic mass is 16.5. The first kappa shape index (κ1) is 12.6. The summed E-state index contributed by atoms with van der Waals surface area (Å²) in [5.41, 5.74) is 6.32. The molecule has 0 amide bonds. The molecule has 1 aliphatic carbocycles. The molecule has 0 aromatic carbocycles. The lowest BCUT2D eigenvalue weighted by atomic mass is 9.93. The van der Waals surface area contributed by atoms with E-state index in [0.717, 1.165) is 36.8 Å². The molecular weight excluding hydrogens is 216 g/mol.